The molecule has 5 heteroatoms. The van der Waals surface area contributed by atoms with Gasteiger partial charge in [0.25, 0.3) is 0 Å². The summed E-state index contributed by atoms with van der Waals surface area (Å²) < 4.78 is 27.6. The zero-order valence-corrected chi connectivity index (χ0v) is 10.4. The maximum Gasteiger partial charge on any atom is 0.182 e. The van der Waals surface area contributed by atoms with Crippen molar-refractivity contribution in [1.29, 1.82) is 0 Å². The molecule has 1 atom stereocenters. The first-order valence-electron chi connectivity index (χ1n) is 5.53. The number of halogens is 2. The minimum atomic E-state index is -0.949. The highest BCUT2D eigenvalue weighted by atomic mass is 32.1. The molecule has 92 valence electrons. The van der Waals surface area contributed by atoms with Crippen LogP contribution in [0, 0.1) is 17.6 Å². The van der Waals surface area contributed by atoms with Crippen molar-refractivity contribution in [3.8, 4) is 0 Å². The molecule has 2 rings (SSSR count). The second-order valence-electron chi connectivity index (χ2n) is 4.46. The van der Waals surface area contributed by atoms with Gasteiger partial charge in [0.05, 0.1) is 5.69 Å². The highest BCUT2D eigenvalue weighted by Crippen LogP contribution is 2.28. The maximum absolute atomic E-state index is 13.9. The fourth-order valence-electron chi connectivity index (χ4n) is 2.13. The van der Waals surface area contributed by atoms with E-state index in [4.69, 9.17) is 5.73 Å². The molecule has 1 aromatic carbocycles. The Morgan fingerprint density at radius 1 is 1.41 bits per heavy atom. The quantitative estimate of drug-likeness (QED) is 0.824. The van der Waals surface area contributed by atoms with Gasteiger partial charge in [0.2, 0.25) is 0 Å². The molecule has 0 amide bonds. The summed E-state index contributed by atoms with van der Waals surface area (Å²) in [6.07, 6.45) is 0.998. The van der Waals surface area contributed by atoms with Crippen molar-refractivity contribution in [2.24, 2.45) is 11.7 Å². The molecule has 17 heavy (non-hydrogen) atoms. The number of nitrogens with two attached hydrogens (primary N) is 1. The number of hydrogen-bond donors (Lipinski definition) is 1. The van der Waals surface area contributed by atoms with E-state index in [0.717, 1.165) is 19.5 Å². The zero-order chi connectivity index (χ0) is 12.6. The van der Waals surface area contributed by atoms with Crippen molar-refractivity contribution in [3.05, 3.63) is 29.3 Å². The van der Waals surface area contributed by atoms with Crippen molar-refractivity contribution < 1.29 is 8.78 Å². The first kappa shape index (κ1) is 12.2. The van der Waals surface area contributed by atoms with Gasteiger partial charge >= 0.3 is 0 Å². The Kier molecular flexibility index (Phi) is 3.28. The van der Waals surface area contributed by atoms with Gasteiger partial charge in [-0.15, -0.1) is 0 Å². The van der Waals surface area contributed by atoms with Crippen molar-refractivity contribution >= 4 is 22.9 Å². The fraction of sp³-hybridized carbons (Fsp3) is 0.417. The second kappa shape index (κ2) is 4.56. The lowest BCUT2D eigenvalue weighted by molar-refractivity contribution is 0.506. The van der Waals surface area contributed by atoms with E-state index in [1.807, 2.05) is 4.90 Å². The van der Waals surface area contributed by atoms with E-state index in [-0.39, 0.29) is 10.6 Å². The van der Waals surface area contributed by atoms with Crippen molar-refractivity contribution in [1.82, 2.24) is 0 Å². The molecule has 1 heterocycles. The van der Waals surface area contributed by atoms with E-state index in [1.165, 1.54) is 6.07 Å². The average Bonchev–Trinajstić information content (AvgIpc) is 2.68. The number of benzene rings is 1. The summed E-state index contributed by atoms with van der Waals surface area (Å²) in [6.45, 7) is 3.60. The number of thiocarbonyl (C=S) groups is 1. The van der Waals surface area contributed by atoms with Gasteiger partial charge in [0.1, 0.15) is 4.99 Å². The van der Waals surface area contributed by atoms with Crippen LogP contribution in [0.25, 0.3) is 0 Å². The van der Waals surface area contributed by atoms with Gasteiger partial charge in [-0.3, -0.25) is 0 Å². The van der Waals surface area contributed by atoms with Crippen LogP contribution in [-0.2, 0) is 0 Å². The van der Waals surface area contributed by atoms with Crippen molar-refractivity contribution in [2.75, 3.05) is 18.0 Å². The van der Waals surface area contributed by atoms with E-state index in [2.05, 4.69) is 19.1 Å². The van der Waals surface area contributed by atoms with Gasteiger partial charge < -0.3 is 10.6 Å². The molecule has 0 aliphatic carbocycles. The molecule has 1 aliphatic heterocycles. The lowest BCUT2D eigenvalue weighted by Crippen LogP contribution is -2.22. The van der Waals surface area contributed by atoms with Crippen LogP contribution in [0.4, 0.5) is 14.5 Å². The third kappa shape index (κ3) is 2.24. The molecule has 2 N–H and O–H groups in total. The molecular weight excluding hydrogens is 242 g/mol. The summed E-state index contributed by atoms with van der Waals surface area (Å²) in [6, 6.07) is 2.99. The second-order valence-corrected chi connectivity index (χ2v) is 4.90. The number of anilines is 1. The fourth-order valence-corrected chi connectivity index (χ4v) is 2.29. The lowest BCUT2D eigenvalue weighted by atomic mass is 10.1. The van der Waals surface area contributed by atoms with E-state index in [1.54, 1.807) is 6.07 Å². The molecule has 1 aromatic rings. The van der Waals surface area contributed by atoms with Crippen molar-refractivity contribution in [2.45, 2.75) is 13.3 Å². The molecule has 1 saturated heterocycles. The Balaban J connectivity index is 2.37. The minimum Gasteiger partial charge on any atom is -0.389 e. The lowest BCUT2D eigenvalue weighted by Gasteiger charge is -2.19. The Hall–Kier alpha value is -1.23. The van der Waals surface area contributed by atoms with Crippen LogP contribution in [-0.4, -0.2) is 18.1 Å². The van der Waals surface area contributed by atoms with E-state index < -0.39 is 11.6 Å². The molecular formula is C12H14F2N2S. The standard InChI is InChI=1S/C12H14F2N2S/c1-7-4-5-16(6-7)9-3-2-8(12(15)17)10(13)11(9)14/h2-3,7H,4-6H2,1H3,(H2,15,17). The van der Waals surface area contributed by atoms with Crippen LogP contribution >= 0.6 is 12.2 Å². The molecule has 0 aromatic heterocycles. The van der Waals surface area contributed by atoms with Crippen LogP contribution in [0.15, 0.2) is 12.1 Å². The number of rotatable bonds is 2. The molecule has 1 aliphatic rings. The van der Waals surface area contributed by atoms with E-state index in [0.29, 0.717) is 11.6 Å². The highest BCUT2D eigenvalue weighted by molar-refractivity contribution is 7.80. The van der Waals surface area contributed by atoms with E-state index in [9.17, 15) is 8.78 Å². The minimum absolute atomic E-state index is 0.0338. The summed E-state index contributed by atoms with van der Waals surface area (Å²) in [7, 11) is 0. The molecule has 2 nitrogen and oxygen atoms in total. The molecule has 0 radical (unpaired) electrons. The first-order chi connectivity index (χ1) is 8.00. The predicted octanol–water partition coefficient (Wildman–Crippen LogP) is 2.45. The van der Waals surface area contributed by atoms with Gasteiger partial charge in [-0.05, 0) is 24.5 Å². The Bertz CT molecular complexity index is 462. The van der Waals surface area contributed by atoms with Gasteiger partial charge in [-0.2, -0.15) is 0 Å². The maximum atomic E-state index is 13.9. The van der Waals surface area contributed by atoms with Crippen LogP contribution in [0.1, 0.15) is 18.9 Å². The SMILES string of the molecule is CC1CCN(c2ccc(C(N)=S)c(F)c2F)C1. The van der Waals surface area contributed by atoms with Crippen LogP contribution in [0.2, 0.25) is 0 Å². The van der Waals surface area contributed by atoms with Gasteiger partial charge in [0, 0.05) is 18.7 Å². The largest absolute Gasteiger partial charge is 0.389 e. The Morgan fingerprint density at radius 3 is 2.65 bits per heavy atom. The highest BCUT2D eigenvalue weighted by Gasteiger charge is 2.24. The summed E-state index contributed by atoms with van der Waals surface area (Å²) in [5, 5.41) is 0. The average molecular weight is 256 g/mol. The third-order valence-corrected chi connectivity index (χ3v) is 3.31. The first-order valence-corrected chi connectivity index (χ1v) is 5.94. The molecule has 1 unspecified atom stereocenters. The summed E-state index contributed by atoms with van der Waals surface area (Å²) in [4.78, 5) is 1.73. The van der Waals surface area contributed by atoms with Crippen LogP contribution < -0.4 is 10.6 Å². The summed E-state index contributed by atoms with van der Waals surface area (Å²) in [5.41, 5.74) is 5.58. The summed E-state index contributed by atoms with van der Waals surface area (Å²) >= 11 is 4.66. The van der Waals surface area contributed by atoms with Crippen LogP contribution in [0.5, 0.6) is 0 Å². The van der Waals surface area contributed by atoms with E-state index >= 15 is 0 Å². The topological polar surface area (TPSA) is 29.3 Å². The zero-order valence-electron chi connectivity index (χ0n) is 9.54. The monoisotopic (exact) mass is 256 g/mol. The molecule has 0 saturated carbocycles. The molecule has 0 spiro atoms. The Morgan fingerprint density at radius 2 is 2.12 bits per heavy atom. The smallest absolute Gasteiger partial charge is 0.182 e. The van der Waals surface area contributed by atoms with Crippen LogP contribution in [0.3, 0.4) is 0 Å². The Labute approximate surface area is 104 Å². The van der Waals surface area contributed by atoms with Gasteiger partial charge in [0.15, 0.2) is 11.6 Å². The molecule has 1 fully saturated rings. The summed E-state index contributed by atoms with van der Waals surface area (Å²) in [5.74, 6) is -1.30. The molecule has 0 bridgehead atoms. The van der Waals surface area contributed by atoms with Gasteiger partial charge in [-0.25, -0.2) is 8.78 Å². The van der Waals surface area contributed by atoms with Gasteiger partial charge in [-0.1, -0.05) is 19.1 Å². The third-order valence-electron chi connectivity index (χ3n) is 3.09. The number of nitrogens with zero attached hydrogens (tertiary/aromatic N) is 1. The van der Waals surface area contributed by atoms with Crippen molar-refractivity contribution in [3.63, 3.8) is 0 Å². The predicted molar refractivity (Wildman–Crippen MR) is 68.2 cm³/mol. The number of hydrogen-bond acceptors (Lipinski definition) is 2. The normalized spacial score (nSPS) is 19.7.